The summed E-state index contributed by atoms with van der Waals surface area (Å²) in [6.45, 7) is 4.64. The molecule has 130 valence electrons. The fourth-order valence-electron chi connectivity index (χ4n) is 4.17. The highest BCUT2D eigenvalue weighted by Crippen LogP contribution is 2.34. The summed E-state index contributed by atoms with van der Waals surface area (Å²) in [6, 6.07) is 0.761. The van der Waals surface area contributed by atoms with Gasteiger partial charge in [0, 0.05) is 18.3 Å². The van der Waals surface area contributed by atoms with Gasteiger partial charge in [-0.15, -0.1) is 11.3 Å². The van der Waals surface area contributed by atoms with Crippen molar-refractivity contribution in [2.24, 2.45) is 11.8 Å². The van der Waals surface area contributed by atoms with E-state index in [4.69, 9.17) is 7.85 Å². The molecule has 2 saturated carbocycles. The Morgan fingerprint density at radius 2 is 1.58 bits per heavy atom. The summed E-state index contributed by atoms with van der Waals surface area (Å²) in [5.74, 6) is 1.58. The second kappa shape index (κ2) is 7.90. The standard InChI is InChI=1S/C18H28BN3OS/c1-12-3-7-14(8-4-12)22(15-9-5-13(2)6-10-15)18(23)21-17-20-11-16(19)24-17/h11-15H,3-10H2,1-2H3,(H,20,21,23). The molecule has 3 rings (SSSR count). The van der Waals surface area contributed by atoms with Crippen LogP contribution in [0.2, 0.25) is 0 Å². The van der Waals surface area contributed by atoms with Gasteiger partial charge in [-0.05, 0) is 68.0 Å². The molecule has 24 heavy (non-hydrogen) atoms. The largest absolute Gasteiger partial charge is 0.324 e. The van der Waals surface area contributed by atoms with Gasteiger partial charge in [0.25, 0.3) is 0 Å². The van der Waals surface area contributed by atoms with Crippen LogP contribution in [0.1, 0.15) is 65.2 Å². The lowest BCUT2D eigenvalue weighted by atomic mass is 9.82. The molecule has 2 aliphatic carbocycles. The Balaban J connectivity index is 1.71. The third-order valence-electron chi connectivity index (χ3n) is 5.73. The van der Waals surface area contributed by atoms with Crippen molar-refractivity contribution >= 4 is 35.1 Å². The van der Waals surface area contributed by atoms with Gasteiger partial charge in [-0.25, -0.2) is 9.78 Å². The molecule has 1 aromatic heterocycles. The van der Waals surface area contributed by atoms with Gasteiger partial charge in [0.05, 0.1) is 0 Å². The van der Waals surface area contributed by atoms with Crippen LogP contribution >= 0.6 is 11.3 Å². The van der Waals surface area contributed by atoms with E-state index in [-0.39, 0.29) is 6.03 Å². The van der Waals surface area contributed by atoms with Crippen molar-refractivity contribution in [1.82, 2.24) is 9.88 Å². The minimum absolute atomic E-state index is 0.0171. The number of aromatic nitrogens is 1. The molecule has 2 aliphatic rings. The Kier molecular flexibility index (Phi) is 5.85. The van der Waals surface area contributed by atoms with Crippen LogP contribution in [-0.2, 0) is 0 Å². The second-order valence-corrected chi connectivity index (χ2v) is 8.79. The van der Waals surface area contributed by atoms with Crippen molar-refractivity contribution in [1.29, 1.82) is 0 Å². The van der Waals surface area contributed by atoms with Gasteiger partial charge in [0.1, 0.15) is 7.85 Å². The average molecular weight is 345 g/mol. The molecular weight excluding hydrogens is 317 g/mol. The fraction of sp³-hybridized carbons (Fsp3) is 0.778. The highest BCUT2D eigenvalue weighted by molar-refractivity contribution is 7.23. The Morgan fingerprint density at radius 1 is 1.08 bits per heavy atom. The van der Waals surface area contributed by atoms with E-state index in [0.29, 0.717) is 22.0 Å². The number of carbonyl (C=O) groups is 1. The molecule has 2 radical (unpaired) electrons. The molecule has 0 atom stereocenters. The molecule has 2 fully saturated rings. The SMILES string of the molecule is [B]c1cnc(NC(=O)N(C2CCC(C)CC2)C2CCC(C)CC2)s1. The minimum atomic E-state index is 0.0171. The monoisotopic (exact) mass is 345 g/mol. The van der Waals surface area contributed by atoms with Crippen LogP contribution in [-0.4, -0.2) is 35.8 Å². The van der Waals surface area contributed by atoms with Crippen LogP contribution in [0, 0.1) is 11.8 Å². The number of thiazole rings is 1. The predicted molar refractivity (Wildman–Crippen MR) is 101 cm³/mol. The Labute approximate surface area is 150 Å². The predicted octanol–water partition coefficient (Wildman–Crippen LogP) is 3.93. The summed E-state index contributed by atoms with van der Waals surface area (Å²) in [5, 5.41) is 3.60. The van der Waals surface area contributed by atoms with Gasteiger partial charge in [-0.3, -0.25) is 5.32 Å². The maximum absolute atomic E-state index is 13.0. The van der Waals surface area contributed by atoms with Gasteiger partial charge < -0.3 is 4.90 Å². The van der Waals surface area contributed by atoms with Crippen molar-refractivity contribution in [3.05, 3.63) is 6.20 Å². The van der Waals surface area contributed by atoms with Crippen molar-refractivity contribution in [2.45, 2.75) is 77.3 Å². The van der Waals surface area contributed by atoms with E-state index in [1.54, 1.807) is 6.20 Å². The number of hydrogen-bond donors (Lipinski definition) is 1. The number of rotatable bonds is 3. The molecule has 0 spiro atoms. The smallest absolute Gasteiger partial charge is 0.319 e. The van der Waals surface area contributed by atoms with Crippen LogP contribution in [0.3, 0.4) is 0 Å². The zero-order valence-corrected chi connectivity index (χ0v) is 15.6. The summed E-state index contributed by atoms with van der Waals surface area (Å²) in [5.41, 5.74) is 0. The maximum Gasteiger partial charge on any atom is 0.324 e. The van der Waals surface area contributed by atoms with Gasteiger partial charge in [-0.1, -0.05) is 13.8 Å². The highest BCUT2D eigenvalue weighted by atomic mass is 32.1. The molecule has 0 saturated heterocycles. The first-order valence-electron chi connectivity index (χ1n) is 9.33. The lowest BCUT2D eigenvalue weighted by Crippen LogP contribution is -2.51. The second-order valence-electron chi connectivity index (χ2n) is 7.73. The van der Waals surface area contributed by atoms with Crippen molar-refractivity contribution < 1.29 is 4.79 Å². The molecule has 0 aliphatic heterocycles. The Bertz CT molecular complexity index is 526. The number of anilines is 1. The molecule has 1 aromatic rings. The summed E-state index contributed by atoms with van der Waals surface area (Å²) in [7, 11) is 5.74. The molecule has 0 unspecified atom stereocenters. The van der Waals surface area contributed by atoms with Crippen LogP contribution in [0.25, 0.3) is 0 Å². The molecule has 1 heterocycles. The number of urea groups is 1. The Morgan fingerprint density at radius 3 is 2.00 bits per heavy atom. The average Bonchev–Trinajstić information content (AvgIpc) is 2.96. The lowest BCUT2D eigenvalue weighted by Gasteiger charge is -2.43. The van der Waals surface area contributed by atoms with Gasteiger partial charge in [0.2, 0.25) is 0 Å². The number of amides is 2. The molecule has 4 nitrogen and oxygen atoms in total. The third kappa shape index (κ3) is 4.32. The van der Waals surface area contributed by atoms with Gasteiger partial charge >= 0.3 is 6.03 Å². The quantitative estimate of drug-likeness (QED) is 0.844. The molecular formula is C18H28BN3OS. The Hall–Kier alpha value is -1.04. The highest BCUT2D eigenvalue weighted by Gasteiger charge is 2.34. The zero-order valence-electron chi connectivity index (χ0n) is 14.8. The van der Waals surface area contributed by atoms with E-state index in [1.165, 1.54) is 37.0 Å². The summed E-state index contributed by atoms with van der Waals surface area (Å²) < 4.78 is 0.634. The molecule has 0 bridgehead atoms. The minimum Gasteiger partial charge on any atom is -0.319 e. The lowest BCUT2D eigenvalue weighted by molar-refractivity contribution is 0.0975. The summed E-state index contributed by atoms with van der Waals surface area (Å²) >= 11 is 1.34. The zero-order chi connectivity index (χ0) is 17.1. The van der Waals surface area contributed by atoms with E-state index in [2.05, 4.69) is 29.0 Å². The van der Waals surface area contributed by atoms with Crippen molar-refractivity contribution in [2.75, 3.05) is 5.32 Å². The number of carbonyl (C=O) groups excluding carboxylic acids is 1. The molecule has 1 N–H and O–H groups in total. The van der Waals surface area contributed by atoms with E-state index in [9.17, 15) is 4.79 Å². The van der Waals surface area contributed by atoms with Crippen LogP contribution in [0.5, 0.6) is 0 Å². The van der Waals surface area contributed by atoms with Gasteiger partial charge in [0.15, 0.2) is 5.13 Å². The molecule has 0 aromatic carbocycles. The topological polar surface area (TPSA) is 45.2 Å². The van der Waals surface area contributed by atoms with Crippen LogP contribution in [0.4, 0.5) is 9.93 Å². The van der Waals surface area contributed by atoms with E-state index < -0.39 is 0 Å². The summed E-state index contributed by atoms with van der Waals surface area (Å²) in [4.78, 5) is 19.4. The third-order valence-corrected chi connectivity index (χ3v) is 6.47. The first-order valence-corrected chi connectivity index (χ1v) is 10.1. The molecule has 6 heteroatoms. The summed E-state index contributed by atoms with van der Waals surface area (Å²) in [6.07, 6.45) is 11.0. The number of hydrogen-bond acceptors (Lipinski definition) is 3. The van der Waals surface area contributed by atoms with Crippen molar-refractivity contribution in [3.63, 3.8) is 0 Å². The van der Waals surface area contributed by atoms with Crippen molar-refractivity contribution in [3.8, 4) is 0 Å². The normalized spacial score (nSPS) is 30.8. The number of nitrogens with zero attached hydrogens (tertiary/aromatic N) is 2. The van der Waals surface area contributed by atoms with E-state index >= 15 is 0 Å². The first kappa shape index (κ1) is 17.8. The maximum atomic E-state index is 13.0. The first-order chi connectivity index (χ1) is 11.5. The van der Waals surface area contributed by atoms with Crippen LogP contribution < -0.4 is 10.1 Å². The van der Waals surface area contributed by atoms with E-state index in [0.717, 1.165) is 37.5 Å². The fourth-order valence-corrected chi connectivity index (χ4v) is 4.74. The molecule has 2 amide bonds. The van der Waals surface area contributed by atoms with Gasteiger partial charge in [-0.2, -0.15) is 0 Å². The van der Waals surface area contributed by atoms with E-state index in [1.807, 2.05) is 0 Å². The van der Waals surface area contributed by atoms with Crippen LogP contribution in [0.15, 0.2) is 6.20 Å². The number of nitrogens with one attached hydrogen (secondary N) is 1.